The molecule has 0 aromatic carbocycles. The Bertz CT molecular complexity index is 446. The Morgan fingerprint density at radius 1 is 1.21 bits per heavy atom. The summed E-state index contributed by atoms with van der Waals surface area (Å²) in [6.07, 6.45) is 2.32. The van der Waals surface area contributed by atoms with E-state index in [4.69, 9.17) is 4.74 Å². The summed E-state index contributed by atoms with van der Waals surface area (Å²) in [4.78, 5) is 23.7. The topological polar surface area (TPSA) is 72.5 Å². The molecule has 112 valence electrons. The monoisotopic (exact) mass is 291 g/mol. The molecule has 1 amide bonds. The molecular formula is C13H25NO4S. The van der Waals surface area contributed by atoms with Crippen molar-refractivity contribution in [2.45, 2.75) is 46.3 Å². The third kappa shape index (κ3) is 8.64. The van der Waals surface area contributed by atoms with Crippen LogP contribution in [-0.2, 0) is 19.1 Å². The van der Waals surface area contributed by atoms with Crippen molar-refractivity contribution in [3.05, 3.63) is 0 Å². The van der Waals surface area contributed by atoms with Crippen molar-refractivity contribution < 1.29 is 18.5 Å². The highest BCUT2D eigenvalue weighted by Crippen LogP contribution is 2.09. The molecule has 0 spiro atoms. The minimum atomic E-state index is -2.29. The van der Waals surface area contributed by atoms with Crippen LogP contribution in [-0.4, -0.2) is 45.6 Å². The van der Waals surface area contributed by atoms with E-state index >= 15 is 0 Å². The summed E-state index contributed by atoms with van der Waals surface area (Å²) in [7, 11) is -2.29. The second kappa shape index (κ2) is 6.41. The van der Waals surface area contributed by atoms with Gasteiger partial charge in [0.2, 0.25) is 0 Å². The van der Waals surface area contributed by atoms with Gasteiger partial charge in [-0.15, -0.1) is 0 Å². The molecule has 0 heterocycles. The number of amides is 1. The van der Waals surface area contributed by atoms with E-state index in [2.05, 4.69) is 5.32 Å². The lowest BCUT2D eigenvalue weighted by atomic mass is 10.0. The van der Waals surface area contributed by atoms with E-state index in [1.807, 2.05) is 0 Å². The normalized spacial score (nSPS) is 13.9. The van der Waals surface area contributed by atoms with Crippen molar-refractivity contribution in [1.29, 1.82) is 0 Å². The lowest BCUT2D eigenvalue weighted by Crippen LogP contribution is -2.47. The van der Waals surface area contributed by atoms with Gasteiger partial charge in [0.25, 0.3) is 0 Å². The highest BCUT2D eigenvalue weighted by atomic mass is 32.2. The zero-order valence-corrected chi connectivity index (χ0v) is 13.6. The number of ether oxygens (including phenoxy) is 1. The first-order chi connectivity index (χ1) is 8.32. The van der Waals surface area contributed by atoms with E-state index in [0.29, 0.717) is 0 Å². The first-order valence-corrected chi connectivity index (χ1v) is 8.58. The zero-order valence-electron chi connectivity index (χ0n) is 12.8. The molecule has 0 aromatic heterocycles. The Balaban J connectivity index is 4.93. The van der Waals surface area contributed by atoms with Crippen LogP contribution in [0.25, 0.3) is 0 Å². The second-order valence-electron chi connectivity index (χ2n) is 6.20. The fraction of sp³-hybridized carbons (Fsp3) is 0.769. The Labute approximate surface area is 116 Å². The average molecular weight is 291 g/mol. The van der Waals surface area contributed by atoms with Crippen molar-refractivity contribution >= 4 is 26.8 Å². The van der Waals surface area contributed by atoms with E-state index < -0.39 is 27.3 Å². The SMILES string of the molecule is CC(C)[C@H](NC(=O)OC(C)(C)C)C(=O)C=S(C)(C)=O. The Kier molecular flexibility index (Phi) is 6.06. The summed E-state index contributed by atoms with van der Waals surface area (Å²) in [5.41, 5.74) is -0.624. The van der Waals surface area contributed by atoms with E-state index in [9.17, 15) is 13.8 Å². The number of hydrogen-bond acceptors (Lipinski definition) is 4. The van der Waals surface area contributed by atoms with Gasteiger partial charge in [-0.25, -0.2) is 4.79 Å². The van der Waals surface area contributed by atoms with E-state index in [1.54, 1.807) is 34.6 Å². The van der Waals surface area contributed by atoms with Crippen molar-refractivity contribution in [3.63, 3.8) is 0 Å². The zero-order chi connectivity index (χ0) is 15.4. The fourth-order valence-electron chi connectivity index (χ4n) is 1.35. The third-order valence-electron chi connectivity index (χ3n) is 2.05. The molecule has 19 heavy (non-hydrogen) atoms. The van der Waals surface area contributed by atoms with Gasteiger partial charge in [-0.3, -0.25) is 9.00 Å². The molecule has 0 unspecified atom stereocenters. The van der Waals surface area contributed by atoms with Gasteiger partial charge in [0.15, 0.2) is 5.78 Å². The molecule has 0 aromatic rings. The second-order valence-corrected chi connectivity index (χ2v) is 9.05. The van der Waals surface area contributed by atoms with E-state index in [1.165, 1.54) is 17.9 Å². The lowest BCUT2D eigenvalue weighted by molar-refractivity contribution is -0.115. The van der Waals surface area contributed by atoms with Crippen LogP contribution in [0, 0.1) is 5.92 Å². The summed E-state index contributed by atoms with van der Waals surface area (Å²) >= 11 is 0. The molecule has 0 radical (unpaired) electrons. The predicted octanol–water partition coefficient (Wildman–Crippen LogP) is 1.45. The Morgan fingerprint density at radius 2 is 1.68 bits per heavy atom. The fourth-order valence-corrected chi connectivity index (χ4v) is 2.06. The smallest absolute Gasteiger partial charge is 0.408 e. The van der Waals surface area contributed by atoms with Gasteiger partial charge in [0, 0.05) is 17.9 Å². The summed E-state index contributed by atoms with van der Waals surface area (Å²) in [6.45, 7) is 8.85. The number of nitrogens with one attached hydrogen (secondary N) is 1. The molecule has 0 fully saturated rings. The number of Topliss-reactive ketones (excluding diaryl/α,β-unsaturated/α-hetero) is 1. The molecule has 0 aliphatic rings. The van der Waals surface area contributed by atoms with Crippen molar-refractivity contribution in [2.24, 2.45) is 5.92 Å². The Morgan fingerprint density at radius 3 is 2.00 bits per heavy atom. The minimum absolute atomic E-state index is 0.113. The van der Waals surface area contributed by atoms with Crippen molar-refractivity contribution in [1.82, 2.24) is 5.32 Å². The summed E-state index contributed by atoms with van der Waals surface area (Å²) in [5.74, 6) is -0.464. The maximum atomic E-state index is 12.0. The molecule has 0 rings (SSSR count). The van der Waals surface area contributed by atoms with Gasteiger partial charge >= 0.3 is 6.09 Å². The minimum Gasteiger partial charge on any atom is -0.444 e. The molecule has 0 saturated carbocycles. The molecule has 0 bridgehead atoms. The molecule has 1 atom stereocenters. The first kappa shape index (κ1) is 18.0. The summed E-state index contributed by atoms with van der Waals surface area (Å²) in [5, 5.41) is 3.70. The summed E-state index contributed by atoms with van der Waals surface area (Å²) in [6, 6.07) is -0.726. The number of rotatable bonds is 4. The first-order valence-electron chi connectivity index (χ1n) is 6.14. The van der Waals surface area contributed by atoms with Crippen LogP contribution in [0.15, 0.2) is 0 Å². The number of carbonyl (C=O) groups excluding carboxylic acids is 2. The van der Waals surface area contributed by atoms with Crippen LogP contribution < -0.4 is 5.32 Å². The highest BCUT2D eigenvalue weighted by molar-refractivity contribution is 8.01. The van der Waals surface area contributed by atoms with Gasteiger partial charge in [0.05, 0.1) is 6.04 Å². The molecule has 0 aliphatic carbocycles. The van der Waals surface area contributed by atoms with Gasteiger partial charge in [-0.05, 0) is 36.2 Å². The van der Waals surface area contributed by atoms with Crippen molar-refractivity contribution in [2.75, 3.05) is 12.5 Å². The maximum absolute atomic E-state index is 12.0. The van der Waals surface area contributed by atoms with Gasteiger partial charge < -0.3 is 10.1 Å². The van der Waals surface area contributed by atoms with E-state index in [-0.39, 0.29) is 11.7 Å². The van der Waals surface area contributed by atoms with Gasteiger partial charge in [-0.1, -0.05) is 13.8 Å². The van der Waals surface area contributed by atoms with Gasteiger partial charge in [-0.2, -0.15) is 0 Å². The maximum Gasteiger partial charge on any atom is 0.408 e. The van der Waals surface area contributed by atoms with Crippen LogP contribution in [0.2, 0.25) is 0 Å². The largest absolute Gasteiger partial charge is 0.444 e. The highest BCUT2D eigenvalue weighted by Gasteiger charge is 2.26. The van der Waals surface area contributed by atoms with Crippen molar-refractivity contribution in [3.8, 4) is 0 Å². The third-order valence-corrected chi connectivity index (χ3v) is 2.85. The molecule has 6 heteroatoms. The molecule has 0 aliphatic heterocycles. The van der Waals surface area contributed by atoms with Gasteiger partial charge in [0.1, 0.15) is 5.60 Å². The number of ketones is 1. The molecule has 5 nitrogen and oxygen atoms in total. The summed E-state index contributed by atoms with van der Waals surface area (Å²) < 4.78 is 16.7. The average Bonchev–Trinajstić information content (AvgIpc) is 2.07. The standard InChI is InChI=1S/C13H25NO4S/c1-9(2)11(10(15)8-19(6,7)17)14-12(16)18-13(3,4)5/h8-9,11H,1-7H3,(H,14,16)/t11-/m0/s1. The van der Waals surface area contributed by atoms with Crippen LogP contribution >= 0.6 is 0 Å². The molecule has 1 N–H and O–H groups in total. The van der Waals surface area contributed by atoms with Crippen LogP contribution in [0.1, 0.15) is 34.6 Å². The number of carbonyl (C=O) groups is 2. The van der Waals surface area contributed by atoms with Crippen LogP contribution in [0.4, 0.5) is 4.79 Å². The number of alkyl carbamates (subject to hydrolysis) is 1. The predicted molar refractivity (Wildman–Crippen MR) is 79.1 cm³/mol. The lowest BCUT2D eigenvalue weighted by Gasteiger charge is -2.24. The molecule has 0 saturated heterocycles. The number of hydrogen-bond donors (Lipinski definition) is 1. The molecular weight excluding hydrogens is 266 g/mol. The van der Waals surface area contributed by atoms with Crippen LogP contribution in [0.5, 0.6) is 0 Å². The van der Waals surface area contributed by atoms with Crippen LogP contribution in [0.3, 0.4) is 0 Å². The van der Waals surface area contributed by atoms with E-state index in [0.717, 1.165) is 0 Å². The Hall–Kier alpha value is -1.04. The quantitative estimate of drug-likeness (QED) is 0.796.